The number of carbonyl (C=O) groups is 5. The summed E-state index contributed by atoms with van der Waals surface area (Å²) in [6.07, 6.45) is 14.1. The Balaban J connectivity index is 0.000000177. The Morgan fingerprint density at radius 3 is 1.59 bits per heavy atom. The van der Waals surface area contributed by atoms with Crippen molar-refractivity contribution in [1.29, 1.82) is 0 Å². The Kier molecular flexibility index (Phi) is 11.5. The van der Waals surface area contributed by atoms with E-state index in [9.17, 15) is 44.4 Å². The van der Waals surface area contributed by atoms with E-state index in [1.54, 1.807) is 24.3 Å². The van der Waals surface area contributed by atoms with Crippen molar-refractivity contribution < 1.29 is 49.1 Å². The second-order valence-electron chi connectivity index (χ2n) is 20.1. The molecule has 6 fully saturated rings. The molecule has 4 N–H and O–H groups in total. The zero-order valence-electron chi connectivity index (χ0n) is 34.7. The summed E-state index contributed by atoms with van der Waals surface area (Å²) >= 11 is 4.16. The van der Waals surface area contributed by atoms with E-state index in [2.05, 4.69) is 72.9 Å². The van der Waals surface area contributed by atoms with Gasteiger partial charge in [-0.15, -0.1) is 0 Å². The highest BCUT2D eigenvalue weighted by molar-refractivity contribution is 14.2. The molecule has 8 aliphatic carbocycles. The predicted molar refractivity (Wildman–Crippen MR) is 233 cm³/mol. The first-order valence-corrected chi connectivity index (χ1v) is 23.6. The van der Waals surface area contributed by atoms with Gasteiger partial charge < -0.3 is 25.2 Å². The first-order chi connectivity index (χ1) is 26.9. The topological polar surface area (TPSA) is 176 Å². The molecule has 0 aromatic carbocycles. The van der Waals surface area contributed by atoms with Crippen LogP contribution in [0.5, 0.6) is 0 Å². The quantitative estimate of drug-likeness (QED) is 0.137. The lowest BCUT2D eigenvalue weighted by atomic mass is 9.45. The minimum absolute atomic E-state index is 0.00535. The van der Waals surface area contributed by atoms with E-state index in [1.807, 2.05) is 26.0 Å². The molecule has 6 saturated carbocycles. The van der Waals surface area contributed by atoms with Crippen LogP contribution >= 0.6 is 45.2 Å². The van der Waals surface area contributed by atoms with E-state index >= 15 is 0 Å². The number of halogens is 2. The van der Waals surface area contributed by atoms with Crippen molar-refractivity contribution in [3.8, 4) is 0 Å². The minimum atomic E-state index is -1.61. The number of hydrogen-bond donors (Lipinski definition) is 4. The monoisotopic (exact) mass is 1030 g/mol. The summed E-state index contributed by atoms with van der Waals surface area (Å²) < 4.78 is 4.61. The minimum Gasteiger partial charge on any atom is -0.458 e. The number of alkyl halides is 2. The number of esters is 1. The maximum absolute atomic E-state index is 13.0. The predicted octanol–water partition coefficient (Wildman–Crippen LogP) is 6.38. The van der Waals surface area contributed by atoms with Gasteiger partial charge in [-0.1, -0.05) is 110 Å². The molecule has 8 rings (SSSR count). The van der Waals surface area contributed by atoms with Crippen LogP contribution in [0, 0.1) is 69.0 Å². The molecular formula is C46H60I2O10. The van der Waals surface area contributed by atoms with E-state index in [4.69, 9.17) is 4.74 Å². The maximum Gasteiger partial charge on any atom is 0.303 e. The number of ketones is 4. The molecule has 16 atom stereocenters. The zero-order chi connectivity index (χ0) is 42.7. The van der Waals surface area contributed by atoms with Gasteiger partial charge in [-0.2, -0.15) is 0 Å². The van der Waals surface area contributed by atoms with Crippen LogP contribution in [0.15, 0.2) is 47.6 Å². The third-order valence-electron chi connectivity index (χ3n) is 17.4. The molecule has 10 nitrogen and oxygen atoms in total. The molecule has 0 amide bonds. The van der Waals surface area contributed by atoms with Crippen molar-refractivity contribution in [2.45, 2.75) is 125 Å². The van der Waals surface area contributed by atoms with Crippen LogP contribution in [0.3, 0.4) is 0 Å². The lowest BCUT2D eigenvalue weighted by Crippen LogP contribution is -2.62. The first kappa shape index (κ1) is 44.5. The molecule has 0 spiro atoms. The van der Waals surface area contributed by atoms with Crippen LogP contribution < -0.4 is 0 Å². The van der Waals surface area contributed by atoms with Crippen LogP contribution in [-0.2, 0) is 28.7 Å². The van der Waals surface area contributed by atoms with E-state index in [-0.39, 0.29) is 72.0 Å². The van der Waals surface area contributed by atoms with Gasteiger partial charge in [-0.25, -0.2) is 0 Å². The van der Waals surface area contributed by atoms with Gasteiger partial charge in [0, 0.05) is 40.4 Å². The zero-order valence-corrected chi connectivity index (χ0v) is 39.0. The molecule has 0 aliphatic heterocycles. The highest BCUT2D eigenvalue weighted by atomic mass is 127. The third kappa shape index (κ3) is 6.43. The molecule has 0 aromatic heterocycles. The lowest BCUT2D eigenvalue weighted by Gasteiger charge is -2.60. The normalized spacial score (nSPS) is 48.5. The van der Waals surface area contributed by atoms with E-state index in [0.717, 1.165) is 30.4 Å². The molecule has 0 heterocycles. The summed E-state index contributed by atoms with van der Waals surface area (Å²) in [6.45, 7) is 13.3. The van der Waals surface area contributed by atoms with Gasteiger partial charge in [0.2, 0.25) is 5.78 Å². The molecule has 8 aliphatic rings. The van der Waals surface area contributed by atoms with Crippen molar-refractivity contribution in [1.82, 2.24) is 0 Å². The summed E-state index contributed by atoms with van der Waals surface area (Å²) in [5, 5.41) is 45.8. The van der Waals surface area contributed by atoms with E-state index in [1.165, 1.54) is 6.92 Å². The van der Waals surface area contributed by atoms with E-state index < -0.39 is 58.0 Å². The Hall–Kier alpha value is -1.59. The molecule has 0 radical (unpaired) electrons. The van der Waals surface area contributed by atoms with Gasteiger partial charge in [0.25, 0.3) is 0 Å². The van der Waals surface area contributed by atoms with Gasteiger partial charge in [0.15, 0.2) is 24.0 Å². The Morgan fingerprint density at radius 2 is 1.17 bits per heavy atom. The van der Waals surface area contributed by atoms with Crippen molar-refractivity contribution in [2.24, 2.45) is 69.0 Å². The van der Waals surface area contributed by atoms with Crippen LogP contribution in [0.4, 0.5) is 0 Å². The van der Waals surface area contributed by atoms with E-state index in [0.29, 0.717) is 32.1 Å². The Bertz CT molecular complexity index is 1920. The number of carbonyl (C=O) groups excluding carboxylic acids is 5. The first-order valence-electron chi connectivity index (χ1n) is 21.1. The van der Waals surface area contributed by atoms with Gasteiger partial charge >= 0.3 is 5.97 Å². The summed E-state index contributed by atoms with van der Waals surface area (Å²) in [5.74, 6) is -0.0888. The highest BCUT2D eigenvalue weighted by Crippen LogP contribution is 2.69. The van der Waals surface area contributed by atoms with Crippen LogP contribution in [0.2, 0.25) is 0 Å². The SMILES string of the molecule is CC(=O)OCC(=O)[C@@]1(O)CCC2C3C[C@H](C)C4=CC(=O)C=CC4(C)C3C(O)CC21C.C[C@H]1CC2C(C(O)CC3(C)C2CC[C@]3(O)C(=O)C(I)I)C2(C)C=CC(=O)C=C12. The number of ether oxygens (including phenoxy) is 1. The fourth-order valence-corrected chi connectivity index (χ4v) is 15.9. The van der Waals surface area contributed by atoms with Crippen molar-refractivity contribution in [2.75, 3.05) is 6.61 Å². The molecule has 12 heteroatoms. The summed E-state index contributed by atoms with van der Waals surface area (Å²) in [6, 6.07) is 0. The fourth-order valence-electron chi connectivity index (χ4n) is 14.8. The van der Waals surface area contributed by atoms with Gasteiger partial charge in [-0.3, -0.25) is 24.0 Å². The number of allylic oxidation sites excluding steroid dienone is 8. The largest absolute Gasteiger partial charge is 0.458 e. The number of aliphatic hydroxyl groups is 4. The smallest absolute Gasteiger partial charge is 0.303 e. The number of aliphatic hydroxyl groups excluding tert-OH is 2. The van der Waals surface area contributed by atoms with Gasteiger partial charge in [0.05, 0.1) is 12.2 Å². The van der Waals surface area contributed by atoms with Gasteiger partial charge in [-0.05, 0) is 111 Å². The summed E-state index contributed by atoms with van der Waals surface area (Å²) in [5.41, 5.74) is -2.89. The lowest BCUT2D eigenvalue weighted by molar-refractivity contribution is -0.182. The second kappa shape index (κ2) is 15.0. The average Bonchev–Trinajstić information content (AvgIpc) is 3.57. The number of rotatable bonds is 5. The molecule has 0 saturated heterocycles. The average molecular weight is 1030 g/mol. The van der Waals surface area contributed by atoms with Crippen LogP contribution in [-0.4, -0.2) is 81.5 Å². The Morgan fingerprint density at radius 1 is 0.759 bits per heavy atom. The maximum atomic E-state index is 13.0. The van der Waals surface area contributed by atoms with Crippen molar-refractivity contribution in [3.63, 3.8) is 0 Å². The summed E-state index contributed by atoms with van der Waals surface area (Å²) in [7, 11) is 0. The standard InChI is InChI=1S/C24H32O6.C22H28I2O4/c1-13-9-16-17-6-8-24(29,20(28)12-30-14(2)25)23(17,4)11-19(27)21(16)22(3)7-5-15(26)10-18(13)22;1-11-8-13-14-5-7-22(28,18(27)19(23)24)21(14,3)10-16(26)17(13)20(2)6-4-12(25)9-15(11)20/h5,7,10,13,16-17,19,21,27,29H,6,8-9,11-12H2,1-4H3;4,6,9,11,13-14,16-17,19,26,28H,5,7-8,10H2,1-3H3/t13-,16?,17?,19?,21?,22?,23?,24-;11-,13?,14?,16?,17?,20?,21?,22-/m00/s1. The molecular weight excluding hydrogens is 966 g/mol. The second-order valence-corrected chi connectivity index (χ2v) is 25.0. The third-order valence-corrected chi connectivity index (χ3v) is 18.5. The van der Waals surface area contributed by atoms with Crippen molar-refractivity contribution in [3.05, 3.63) is 47.6 Å². The molecule has 0 bridgehead atoms. The Labute approximate surface area is 369 Å². The highest BCUT2D eigenvalue weighted by Gasteiger charge is 2.70. The molecule has 318 valence electrons. The van der Waals surface area contributed by atoms with Gasteiger partial charge in [0.1, 0.15) is 13.1 Å². The fraction of sp³-hybridized carbons (Fsp3) is 0.717. The molecule has 12 unspecified atom stereocenters. The number of hydrogen-bond acceptors (Lipinski definition) is 10. The van der Waals surface area contributed by atoms with Crippen LogP contribution in [0.25, 0.3) is 0 Å². The number of fused-ring (bicyclic) bond motifs is 10. The molecule has 0 aromatic rings. The summed E-state index contributed by atoms with van der Waals surface area (Å²) in [4.78, 5) is 61.1. The van der Waals surface area contributed by atoms with Crippen molar-refractivity contribution >= 4 is 74.3 Å². The molecule has 58 heavy (non-hydrogen) atoms. The van der Waals surface area contributed by atoms with Crippen LogP contribution in [0.1, 0.15) is 99.8 Å². The number of Topliss-reactive ketones (excluding diaryl/α,β-unsaturated/α-hetero) is 2.